The van der Waals surface area contributed by atoms with E-state index in [4.69, 9.17) is 9.88 Å². The van der Waals surface area contributed by atoms with E-state index in [0.29, 0.717) is 6.42 Å². The Morgan fingerprint density at radius 2 is 2.05 bits per heavy atom. The largest absolute Gasteiger partial charge is 0.492 e. The molecular formula is C12H16FNO5S. The van der Waals surface area contributed by atoms with Gasteiger partial charge in [0.2, 0.25) is 10.0 Å². The van der Waals surface area contributed by atoms with Crippen LogP contribution in [0.25, 0.3) is 0 Å². The molecule has 1 aromatic carbocycles. The van der Waals surface area contributed by atoms with Gasteiger partial charge in [0, 0.05) is 0 Å². The Morgan fingerprint density at radius 3 is 2.55 bits per heavy atom. The number of nitrogens with two attached hydrogens (primary N) is 1. The van der Waals surface area contributed by atoms with Crippen LogP contribution < -0.4 is 9.88 Å². The maximum absolute atomic E-state index is 13.7. The van der Waals surface area contributed by atoms with Crippen LogP contribution in [0.4, 0.5) is 4.39 Å². The molecule has 0 atom stereocenters. The van der Waals surface area contributed by atoms with Crippen molar-refractivity contribution in [3.8, 4) is 5.75 Å². The molecule has 1 aromatic rings. The van der Waals surface area contributed by atoms with Gasteiger partial charge in [0.15, 0.2) is 11.6 Å². The van der Waals surface area contributed by atoms with Crippen molar-refractivity contribution >= 4 is 16.0 Å². The highest BCUT2D eigenvalue weighted by atomic mass is 32.2. The van der Waals surface area contributed by atoms with E-state index in [0.717, 1.165) is 25.7 Å². The zero-order chi connectivity index (χ0) is 15.3. The number of rotatable bonds is 6. The average molecular weight is 305 g/mol. The minimum absolute atomic E-state index is 0.174. The Hall–Kier alpha value is -1.67. The Morgan fingerprint density at radius 1 is 1.40 bits per heavy atom. The number of halogens is 1. The summed E-state index contributed by atoms with van der Waals surface area (Å²) in [4.78, 5) is 11.1. The topological polar surface area (TPSA) is 95.7 Å². The van der Waals surface area contributed by atoms with Gasteiger partial charge in [0.1, 0.15) is 4.90 Å². The summed E-state index contributed by atoms with van der Waals surface area (Å²) in [6.45, 7) is 2.09. The third-order valence-corrected chi connectivity index (χ3v) is 3.40. The van der Waals surface area contributed by atoms with E-state index >= 15 is 0 Å². The lowest BCUT2D eigenvalue weighted by Gasteiger charge is -2.10. The second-order valence-corrected chi connectivity index (χ2v) is 5.55. The number of sulfonamides is 1. The zero-order valence-electron chi connectivity index (χ0n) is 11.2. The molecule has 0 fully saturated rings. The van der Waals surface area contributed by atoms with Crippen molar-refractivity contribution in [3.05, 3.63) is 23.5 Å². The first-order valence-corrected chi connectivity index (χ1v) is 7.43. The lowest BCUT2D eigenvalue weighted by atomic mass is 10.2. The predicted octanol–water partition coefficient (Wildman–Crippen LogP) is 1.44. The first-order valence-electron chi connectivity index (χ1n) is 5.88. The van der Waals surface area contributed by atoms with Gasteiger partial charge in [-0.3, -0.25) is 0 Å². The normalized spacial score (nSPS) is 11.2. The Balaban J connectivity index is 3.18. The molecule has 1 rings (SSSR count). The summed E-state index contributed by atoms with van der Waals surface area (Å²) in [5.74, 6) is -2.34. The minimum Gasteiger partial charge on any atom is -0.492 e. The lowest BCUT2D eigenvalue weighted by molar-refractivity contribution is 0.0498. The maximum atomic E-state index is 13.7. The fourth-order valence-electron chi connectivity index (χ4n) is 1.49. The van der Waals surface area contributed by atoms with Crippen LogP contribution in [0.2, 0.25) is 0 Å². The highest BCUT2D eigenvalue weighted by molar-refractivity contribution is 7.89. The molecule has 0 saturated heterocycles. The molecule has 0 amide bonds. The molecule has 0 spiro atoms. The number of benzene rings is 1. The molecule has 8 heteroatoms. The Kier molecular flexibility index (Phi) is 5.46. The van der Waals surface area contributed by atoms with Crippen molar-refractivity contribution in [2.45, 2.75) is 24.7 Å². The van der Waals surface area contributed by atoms with Gasteiger partial charge in [-0.25, -0.2) is 22.7 Å². The van der Waals surface area contributed by atoms with Gasteiger partial charge < -0.3 is 9.47 Å². The van der Waals surface area contributed by atoms with Gasteiger partial charge >= 0.3 is 5.97 Å². The molecule has 20 heavy (non-hydrogen) atoms. The third-order valence-electron chi connectivity index (χ3n) is 2.49. The highest BCUT2D eigenvalue weighted by Crippen LogP contribution is 2.28. The van der Waals surface area contributed by atoms with Gasteiger partial charge in [-0.05, 0) is 18.6 Å². The summed E-state index contributed by atoms with van der Waals surface area (Å²) in [5.41, 5.74) is -0.233. The number of hydrogen-bond acceptors (Lipinski definition) is 5. The summed E-state index contributed by atoms with van der Waals surface area (Å²) >= 11 is 0. The van der Waals surface area contributed by atoms with Crippen LogP contribution in [0.3, 0.4) is 0 Å². The average Bonchev–Trinajstić information content (AvgIpc) is 2.36. The van der Waals surface area contributed by atoms with Crippen LogP contribution in [0.1, 0.15) is 30.1 Å². The van der Waals surface area contributed by atoms with E-state index in [1.165, 1.54) is 0 Å². The van der Waals surface area contributed by atoms with Crippen molar-refractivity contribution in [1.29, 1.82) is 0 Å². The van der Waals surface area contributed by atoms with Crippen LogP contribution in [0.5, 0.6) is 5.75 Å². The number of carbonyl (C=O) groups excluding carboxylic acids is 1. The quantitative estimate of drug-likeness (QED) is 0.633. The lowest BCUT2D eigenvalue weighted by Crippen LogP contribution is -2.16. The molecule has 0 aliphatic heterocycles. The molecule has 0 aliphatic carbocycles. The van der Waals surface area contributed by atoms with Crippen molar-refractivity contribution in [2.24, 2.45) is 5.14 Å². The molecule has 0 saturated carbocycles. The van der Waals surface area contributed by atoms with E-state index in [2.05, 4.69) is 4.74 Å². The smallest absolute Gasteiger partial charge is 0.338 e. The van der Waals surface area contributed by atoms with Crippen molar-refractivity contribution < 1.29 is 27.1 Å². The molecule has 0 aromatic heterocycles. The van der Waals surface area contributed by atoms with Crippen LogP contribution >= 0.6 is 0 Å². The van der Waals surface area contributed by atoms with E-state index in [9.17, 15) is 17.6 Å². The number of ether oxygens (including phenoxy) is 2. The Labute approximate surface area is 116 Å². The van der Waals surface area contributed by atoms with Crippen molar-refractivity contribution in [1.82, 2.24) is 0 Å². The zero-order valence-corrected chi connectivity index (χ0v) is 12.0. The van der Waals surface area contributed by atoms with Crippen molar-refractivity contribution in [2.75, 3.05) is 13.7 Å². The van der Waals surface area contributed by atoms with Crippen LogP contribution in [0.15, 0.2) is 17.0 Å². The Bertz CT molecular complexity index is 600. The van der Waals surface area contributed by atoms with E-state index < -0.39 is 32.5 Å². The molecule has 2 N–H and O–H groups in total. The molecule has 6 nitrogen and oxygen atoms in total. The maximum Gasteiger partial charge on any atom is 0.338 e. The number of primary sulfonamides is 1. The van der Waals surface area contributed by atoms with Gasteiger partial charge in [0.05, 0.1) is 19.3 Å². The number of methoxy groups -OCH3 is 1. The summed E-state index contributed by atoms with van der Waals surface area (Å²) in [5, 5.41) is 4.97. The summed E-state index contributed by atoms with van der Waals surface area (Å²) < 4.78 is 46.0. The second kappa shape index (κ2) is 6.67. The fraction of sp³-hybridized carbons (Fsp3) is 0.417. The fourth-order valence-corrected chi connectivity index (χ4v) is 2.22. The molecule has 0 radical (unpaired) electrons. The van der Waals surface area contributed by atoms with Gasteiger partial charge in [-0.1, -0.05) is 13.3 Å². The SMILES string of the molecule is CCCCOC(=O)c1cc(F)c(OC)c(S(N)(=O)=O)c1. The minimum atomic E-state index is -4.22. The molecule has 0 aliphatic rings. The van der Waals surface area contributed by atoms with E-state index in [1.54, 1.807) is 0 Å². The van der Waals surface area contributed by atoms with Gasteiger partial charge in [-0.2, -0.15) is 0 Å². The number of unbranched alkanes of at least 4 members (excludes halogenated alkanes) is 1. The highest BCUT2D eigenvalue weighted by Gasteiger charge is 2.23. The first-order chi connectivity index (χ1) is 9.31. The first kappa shape index (κ1) is 16.4. The van der Waals surface area contributed by atoms with Crippen molar-refractivity contribution in [3.63, 3.8) is 0 Å². The standard InChI is InChI=1S/C12H16FNO5S/c1-3-4-5-19-12(15)8-6-9(13)11(18-2)10(7-8)20(14,16)17/h6-7H,3-5H2,1-2H3,(H2,14,16,17). The number of carbonyl (C=O) groups is 1. The van der Waals surface area contributed by atoms with Gasteiger partial charge in [-0.15, -0.1) is 0 Å². The third kappa shape index (κ3) is 3.91. The van der Waals surface area contributed by atoms with Crippen LogP contribution in [-0.4, -0.2) is 28.1 Å². The number of hydrogen-bond donors (Lipinski definition) is 1. The second-order valence-electron chi connectivity index (χ2n) is 4.02. The van der Waals surface area contributed by atoms with Gasteiger partial charge in [0.25, 0.3) is 0 Å². The molecule has 112 valence electrons. The summed E-state index contributed by atoms with van der Waals surface area (Å²) in [7, 11) is -3.12. The summed E-state index contributed by atoms with van der Waals surface area (Å²) in [6, 6.07) is 1.79. The summed E-state index contributed by atoms with van der Waals surface area (Å²) in [6.07, 6.45) is 1.49. The van der Waals surface area contributed by atoms with E-state index in [-0.39, 0.29) is 12.2 Å². The molecule has 0 unspecified atom stereocenters. The van der Waals surface area contributed by atoms with Crippen LogP contribution in [-0.2, 0) is 14.8 Å². The number of esters is 1. The van der Waals surface area contributed by atoms with E-state index in [1.807, 2.05) is 6.92 Å². The monoisotopic (exact) mass is 305 g/mol. The molecular weight excluding hydrogens is 289 g/mol. The molecule has 0 heterocycles. The van der Waals surface area contributed by atoms with Crippen LogP contribution in [0, 0.1) is 5.82 Å². The molecule has 0 bridgehead atoms. The predicted molar refractivity (Wildman–Crippen MR) is 69.5 cm³/mol.